The quantitative estimate of drug-likeness (QED) is 0.352. The molecule has 0 saturated carbocycles. The molecule has 0 spiro atoms. The van der Waals surface area contributed by atoms with E-state index in [0.29, 0.717) is 0 Å². The van der Waals surface area contributed by atoms with Crippen LogP contribution < -0.4 is 4.90 Å². The molecule has 0 amide bonds. The minimum Gasteiger partial charge on any atom is -0.324 e. The smallest absolute Gasteiger partial charge is 0.115 e. The molecule has 1 atom stereocenters. The van der Waals surface area contributed by atoms with Gasteiger partial charge >= 0.3 is 0 Å². The molecule has 172 valence electrons. The third kappa shape index (κ3) is 4.03. The molecule has 0 aliphatic carbocycles. The summed E-state index contributed by atoms with van der Waals surface area (Å²) in [5.41, 5.74) is 7.08. The summed E-state index contributed by atoms with van der Waals surface area (Å²) < 4.78 is 0. The summed E-state index contributed by atoms with van der Waals surface area (Å²) in [6, 6.07) is 23.8. The highest BCUT2D eigenvalue weighted by Crippen LogP contribution is 2.44. The zero-order chi connectivity index (χ0) is 24.2. The lowest BCUT2D eigenvalue weighted by atomic mass is 9.92. The number of anilines is 1. The molecule has 7 heteroatoms. The van der Waals surface area contributed by atoms with Crippen LogP contribution >= 0.6 is 0 Å². The number of aromatic nitrogens is 5. The van der Waals surface area contributed by atoms with E-state index in [1.807, 2.05) is 79.3 Å². The first-order chi connectivity index (χ1) is 17.9. The second kappa shape index (κ2) is 9.68. The van der Waals surface area contributed by atoms with Gasteiger partial charge in [0.1, 0.15) is 12.4 Å². The lowest BCUT2D eigenvalue weighted by molar-refractivity contribution is 0.863. The summed E-state index contributed by atoms with van der Waals surface area (Å²) in [6.07, 6.45) is 14.2. The largest absolute Gasteiger partial charge is 0.324 e. The number of rotatable bonds is 5. The van der Waals surface area contributed by atoms with Crippen LogP contribution in [0.2, 0.25) is 0 Å². The van der Waals surface area contributed by atoms with Crippen LogP contribution in [0.15, 0.2) is 127 Å². The van der Waals surface area contributed by atoms with Crippen molar-refractivity contribution >= 4 is 22.8 Å². The number of aliphatic imine (C=N–C) groups is 1. The predicted octanol–water partition coefficient (Wildman–Crippen LogP) is 5.24. The van der Waals surface area contributed by atoms with E-state index in [-0.39, 0.29) is 6.04 Å². The van der Waals surface area contributed by atoms with E-state index < -0.39 is 0 Å². The summed E-state index contributed by atoms with van der Waals surface area (Å²) in [5.74, 6) is 0. The summed E-state index contributed by atoms with van der Waals surface area (Å²) in [7, 11) is 0. The molecule has 1 aliphatic heterocycles. The van der Waals surface area contributed by atoms with Gasteiger partial charge in [0.2, 0.25) is 0 Å². The Morgan fingerprint density at radius 3 is 2.14 bits per heavy atom. The highest BCUT2D eigenvalue weighted by atomic mass is 15.2. The second-order valence-electron chi connectivity index (χ2n) is 8.17. The van der Waals surface area contributed by atoms with Crippen LogP contribution in [-0.4, -0.2) is 30.6 Å². The summed E-state index contributed by atoms with van der Waals surface area (Å²) in [6.45, 7) is 0. The van der Waals surface area contributed by atoms with Gasteiger partial charge in [-0.1, -0.05) is 24.3 Å². The third-order valence-electron chi connectivity index (χ3n) is 5.96. The fourth-order valence-electron chi connectivity index (χ4n) is 4.42. The van der Waals surface area contributed by atoms with Crippen molar-refractivity contribution in [1.29, 1.82) is 0 Å². The Labute approximate surface area is 208 Å². The summed E-state index contributed by atoms with van der Waals surface area (Å²) in [5, 5.41) is 0. The van der Waals surface area contributed by atoms with Gasteiger partial charge in [-0.25, -0.2) is 15.0 Å². The SMILES string of the molecule is c1ccc(N2C(c3ccccn3)=C(c3cccnc3)N=C(c3ccncc3)C2c2cncnc2)cc1. The molecule has 1 aliphatic rings. The van der Waals surface area contributed by atoms with Gasteiger partial charge in [0.15, 0.2) is 0 Å². The van der Waals surface area contributed by atoms with Gasteiger partial charge in [-0.3, -0.25) is 15.0 Å². The van der Waals surface area contributed by atoms with Crippen molar-refractivity contribution in [2.75, 3.05) is 4.90 Å². The van der Waals surface area contributed by atoms with Gasteiger partial charge < -0.3 is 4.90 Å². The van der Waals surface area contributed by atoms with E-state index in [0.717, 1.165) is 45.2 Å². The molecular formula is C29H21N7. The number of para-hydroxylation sites is 1. The van der Waals surface area contributed by atoms with E-state index in [9.17, 15) is 0 Å². The Hall–Kier alpha value is -5.04. The standard InChI is InChI=1S/C29H21N7/c1-2-8-24(9-3-1)36-28(23-18-32-20-33-19-23)26(21-11-15-30-16-12-21)35-27(22-7-6-13-31-17-22)29(36)25-10-4-5-14-34-25/h1-20,28H. The normalized spacial score (nSPS) is 15.5. The molecule has 0 saturated heterocycles. The van der Waals surface area contributed by atoms with E-state index >= 15 is 0 Å². The fraction of sp³-hybridized carbons (Fsp3) is 0.0345. The molecule has 1 aromatic carbocycles. The molecule has 0 fully saturated rings. The van der Waals surface area contributed by atoms with E-state index in [4.69, 9.17) is 9.98 Å². The van der Waals surface area contributed by atoms with Crippen molar-refractivity contribution < 1.29 is 0 Å². The first-order valence-corrected chi connectivity index (χ1v) is 11.5. The average molecular weight is 468 g/mol. The lowest BCUT2D eigenvalue weighted by Gasteiger charge is -2.40. The second-order valence-corrected chi connectivity index (χ2v) is 8.17. The molecule has 4 aromatic heterocycles. The first-order valence-electron chi connectivity index (χ1n) is 11.5. The van der Waals surface area contributed by atoms with Crippen molar-refractivity contribution in [2.24, 2.45) is 4.99 Å². The van der Waals surface area contributed by atoms with Crippen molar-refractivity contribution in [1.82, 2.24) is 24.9 Å². The van der Waals surface area contributed by atoms with Crippen molar-refractivity contribution in [3.63, 3.8) is 0 Å². The minimum atomic E-state index is -0.312. The minimum absolute atomic E-state index is 0.312. The Bertz CT molecular complexity index is 1510. The van der Waals surface area contributed by atoms with Gasteiger partial charge in [-0.15, -0.1) is 0 Å². The van der Waals surface area contributed by atoms with Gasteiger partial charge in [-0.05, 0) is 48.5 Å². The number of hydrogen-bond acceptors (Lipinski definition) is 7. The molecule has 36 heavy (non-hydrogen) atoms. The number of pyridine rings is 3. The number of nitrogens with zero attached hydrogens (tertiary/aromatic N) is 7. The number of benzene rings is 1. The summed E-state index contributed by atoms with van der Waals surface area (Å²) in [4.78, 5) is 29.6. The van der Waals surface area contributed by atoms with Crippen LogP contribution in [0.25, 0.3) is 11.4 Å². The molecule has 5 aromatic rings. The average Bonchev–Trinajstić information content (AvgIpc) is 2.98. The van der Waals surface area contributed by atoms with Crippen LogP contribution in [0.1, 0.15) is 28.4 Å². The molecule has 0 bridgehead atoms. The Balaban J connectivity index is 1.72. The Kier molecular flexibility index (Phi) is 5.78. The van der Waals surface area contributed by atoms with Crippen LogP contribution in [-0.2, 0) is 0 Å². The maximum atomic E-state index is 5.30. The third-order valence-corrected chi connectivity index (χ3v) is 5.96. The highest BCUT2D eigenvalue weighted by molar-refractivity contribution is 6.16. The van der Waals surface area contributed by atoms with Gasteiger partial charge in [-0.2, -0.15) is 0 Å². The number of hydrogen-bond donors (Lipinski definition) is 0. The van der Waals surface area contributed by atoms with Crippen LogP contribution in [0.5, 0.6) is 0 Å². The van der Waals surface area contributed by atoms with Crippen molar-refractivity contribution in [3.05, 3.63) is 145 Å². The molecular weight excluding hydrogens is 446 g/mol. The molecule has 7 nitrogen and oxygen atoms in total. The lowest BCUT2D eigenvalue weighted by Crippen LogP contribution is -2.37. The highest BCUT2D eigenvalue weighted by Gasteiger charge is 2.37. The molecule has 6 rings (SSSR count). The van der Waals surface area contributed by atoms with E-state index in [1.165, 1.54) is 0 Å². The Morgan fingerprint density at radius 1 is 0.611 bits per heavy atom. The van der Waals surface area contributed by atoms with E-state index in [1.54, 1.807) is 31.1 Å². The maximum Gasteiger partial charge on any atom is 0.115 e. The van der Waals surface area contributed by atoms with Gasteiger partial charge in [0.05, 0.1) is 22.8 Å². The van der Waals surface area contributed by atoms with Crippen LogP contribution in [0, 0.1) is 0 Å². The zero-order valence-electron chi connectivity index (χ0n) is 19.3. The molecule has 0 N–H and O–H groups in total. The topological polar surface area (TPSA) is 80.0 Å². The summed E-state index contributed by atoms with van der Waals surface area (Å²) >= 11 is 0. The maximum absolute atomic E-state index is 5.30. The molecule has 0 radical (unpaired) electrons. The van der Waals surface area contributed by atoms with E-state index in [2.05, 4.69) is 37.0 Å². The van der Waals surface area contributed by atoms with Crippen molar-refractivity contribution in [2.45, 2.75) is 6.04 Å². The zero-order valence-corrected chi connectivity index (χ0v) is 19.3. The van der Waals surface area contributed by atoms with Crippen LogP contribution in [0.4, 0.5) is 5.69 Å². The van der Waals surface area contributed by atoms with Gasteiger partial charge in [0, 0.05) is 65.8 Å². The van der Waals surface area contributed by atoms with Gasteiger partial charge in [0.25, 0.3) is 0 Å². The molecule has 5 heterocycles. The molecule has 1 unspecified atom stereocenters. The first kappa shape index (κ1) is 21.5. The fourth-order valence-corrected chi connectivity index (χ4v) is 4.42. The van der Waals surface area contributed by atoms with Crippen molar-refractivity contribution in [3.8, 4) is 0 Å². The van der Waals surface area contributed by atoms with Crippen LogP contribution in [0.3, 0.4) is 0 Å². The predicted molar refractivity (Wildman–Crippen MR) is 140 cm³/mol. The Morgan fingerprint density at radius 2 is 1.42 bits per heavy atom. The monoisotopic (exact) mass is 467 g/mol.